The quantitative estimate of drug-likeness (QED) is 0.802. The largest absolute Gasteiger partial charge is 0.461 e. The summed E-state index contributed by atoms with van der Waals surface area (Å²) >= 11 is 0. The first-order valence-electron chi connectivity index (χ1n) is 7.55. The summed E-state index contributed by atoms with van der Waals surface area (Å²) in [6.45, 7) is 9.63. The monoisotopic (exact) mass is 308 g/mol. The number of ether oxygens (including phenoxy) is 1. The molecule has 0 aromatic carbocycles. The van der Waals surface area contributed by atoms with E-state index in [2.05, 4.69) is 4.90 Å². The fourth-order valence-corrected chi connectivity index (χ4v) is 2.42. The van der Waals surface area contributed by atoms with Crippen LogP contribution in [0.2, 0.25) is 0 Å². The van der Waals surface area contributed by atoms with Crippen LogP contribution in [-0.4, -0.2) is 59.5 Å². The number of carbonyl (C=O) groups excluding carboxylic acids is 2. The fraction of sp³-hybridized carbons (Fsp3) is 0.625. The van der Waals surface area contributed by atoms with Gasteiger partial charge in [0.1, 0.15) is 5.60 Å². The van der Waals surface area contributed by atoms with Gasteiger partial charge in [-0.05, 0) is 39.8 Å². The third kappa shape index (κ3) is 4.34. The van der Waals surface area contributed by atoms with Crippen molar-refractivity contribution in [3.8, 4) is 0 Å². The van der Waals surface area contributed by atoms with Gasteiger partial charge in [0.25, 0.3) is 0 Å². The summed E-state index contributed by atoms with van der Waals surface area (Å²) in [4.78, 5) is 27.9. The van der Waals surface area contributed by atoms with Crippen molar-refractivity contribution in [3.05, 3.63) is 24.2 Å². The molecule has 1 amide bonds. The molecule has 1 saturated heterocycles. The van der Waals surface area contributed by atoms with Crippen LogP contribution in [-0.2, 0) is 4.74 Å². The first-order valence-corrected chi connectivity index (χ1v) is 7.55. The Hall–Kier alpha value is -1.82. The molecule has 1 fully saturated rings. The Labute approximate surface area is 131 Å². The topological polar surface area (TPSA) is 63.0 Å². The van der Waals surface area contributed by atoms with Gasteiger partial charge in [-0.3, -0.25) is 9.69 Å². The molecule has 1 atom stereocenters. The maximum absolute atomic E-state index is 12.1. The standard InChI is InChI=1S/C16H24N2O4/c1-12-10-18(15(20)22-16(2,3)4)8-7-17(12)11-13(19)14-6-5-9-21-14/h5-6,9,12H,7-8,10-11H2,1-4H3. The van der Waals surface area contributed by atoms with Crippen LogP contribution in [0, 0.1) is 0 Å². The van der Waals surface area contributed by atoms with Crippen LogP contribution in [0.1, 0.15) is 38.2 Å². The highest BCUT2D eigenvalue weighted by molar-refractivity contribution is 5.95. The van der Waals surface area contributed by atoms with Gasteiger partial charge in [0.05, 0.1) is 12.8 Å². The van der Waals surface area contributed by atoms with E-state index in [1.165, 1.54) is 6.26 Å². The summed E-state index contributed by atoms with van der Waals surface area (Å²) in [5.41, 5.74) is -0.493. The maximum atomic E-state index is 12.1. The molecule has 1 aromatic rings. The maximum Gasteiger partial charge on any atom is 0.410 e. The molecule has 1 aromatic heterocycles. The summed E-state index contributed by atoms with van der Waals surface area (Å²) in [6, 6.07) is 3.47. The summed E-state index contributed by atoms with van der Waals surface area (Å²) < 4.78 is 10.5. The highest BCUT2D eigenvalue weighted by atomic mass is 16.6. The Balaban J connectivity index is 1.87. The third-order valence-electron chi connectivity index (χ3n) is 3.56. The van der Waals surface area contributed by atoms with Crippen LogP contribution in [0.15, 0.2) is 22.8 Å². The summed E-state index contributed by atoms with van der Waals surface area (Å²) in [5.74, 6) is 0.337. The molecule has 2 heterocycles. The Bertz CT molecular complexity index is 519. The molecular formula is C16H24N2O4. The van der Waals surface area contributed by atoms with Gasteiger partial charge in [-0.1, -0.05) is 0 Å². The summed E-state index contributed by atoms with van der Waals surface area (Å²) in [6.07, 6.45) is 1.20. The van der Waals surface area contributed by atoms with Crippen LogP contribution in [0.3, 0.4) is 0 Å². The molecule has 1 aliphatic rings. The molecule has 1 aliphatic heterocycles. The van der Waals surface area contributed by atoms with Gasteiger partial charge in [-0.15, -0.1) is 0 Å². The molecule has 0 saturated carbocycles. The average molecular weight is 308 g/mol. The van der Waals surface area contributed by atoms with E-state index in [1.54, 1.807) is 17.0 Å². The van der Waals surface area contributed by atoms with Gasteiger partial charge in [-0.25, -0.2) is 4.79 Å². The van der Waals surface area contributed by atoms with Crippen molar-refractivity contribution in [2.75, 3.05) is 26.2 Å². The molecule has 6 nitrogen and oxygen atoms in total. The fourth-order valence-electron chi connectivity index (χ4n) is 2.42. The van der Waals surface area contributed by atoms with Gasteiger partial charge >= 0.3 is 6.09 Å². The van der Waals surface area contributed by atoms with E-state index >= 15 is 0 Å². The summed E-state index contributed by atoms with van der Waals surface area (Å²) in [7, 11) is 0. The van der Waals surface area contributed by atoms with Crippen molar-refractivity contribution in [2.45, 2.75) is 39.3 Å². The number of furan rings is 1. The molecular weight excluding hydrogens is 284 g/mol. The van der Waals surface area contributed by atoms with Crippen LogP contribution in [0.4, 0.5) is 4.79 Å². The second-order valence-electron chi connectivity index (χ2n) is 6.65. The van der Waals surface area contributed by atoms with Gasteiger partial charge in [0.2, 0.25) is 5.78 Å². The zero-order valence-corrected chi connectivity index (χ0v) is 13.7. The summed E-state index contributed by atoms with van der Waals surface area (Å²) in [5, 5.41) is 0. The molecule has 6 heteroatoms. The molecule has 0 radical (unpaired) electrons. The van der Waals surface area contributed by atoms with Crippen molar-refractivity contribution in [1.29, 1.82) is 0 Å². The molecule has 2 rings (SSSR count). The first-order chi connectivity index (χ1) is 10.3. The normalized spacial score (nSPS) is 20.0. The second-order valence-corrected chi connectivity index (χ2v) is 6.65. The van der Waals surface area contributed by atoms with Crippen molar-refractivity contribution in [2.24, 2.45) is 0 Å². The minimum atomic E-state index is -0.493. The predicted octanol–water partition coefficient (Wildman–Crippen LogP) is 2.40. The molecule has 0 N–H and O–H groups in total. The highest BCUT2D eigenvalue weighted by Crippen LogP contribution is 2.15. The average Bonchev–Trinajstić information content (AvgIpc) is 2.93. The lowest BCUT2D eigenvalue weighted by molar-refractivity contribution is 0.00646. The van der Waals surface area contributed by atoms with E-state index < -0.39 is 5.60 Å². The lowest BCUT2D eigenvalue weighted by atomic mass is 10.1. The third-order valence-corrected chi connectivity index (χ3v) is 3.56. The van der Waals surface area contributed by atoms with Crippen LogP contribution >= 0.6 is 0 Å². The molecule has 1 unspecified atom stereocenters. The van der Waals surface area contributed by atoms with Crippen LogP contribution in [0.5, 0.6) is 0 Å². The lowest BCUT2D eigenvalue weighted by Crippen LogP contribution is -2.55. The predicted molar refractivity (Wildman–Crippen MR) is 81.9 cm³/mol. The van der Waals surface area contributed by atoms with E-state index in [0.29, 0.717) is 31.9 Å². The number of amides is 1. The highest BCUT2D eigenvalue weighted by Gasteiger charge is 2.30. The zero-order valence-electron chi connectivity index (χ0n) is 13.7. The molecule has 0 bridgehead atoms. The second kappa shape index (κ2) is 6.52. The number of carbonyl (C=O) groups is 2. The number of nitrogens with zero attached hydrogens (tertiary/aromatic N) is 2. The minimum absolute atomic E-state index is 0.0393. The number of hydrogen-bond acceptors (Lipinski definition) is 5. The van der Waals surface area contributed by atoms with Crippen molar-refractivity contribution < 1.29 is 18.7 Å². The van der Waals surface area contributed by atoms with Crippen molar-refractivity contribution in [1.82, 2.24) is 9.80 Å². The van der Waals surface area contributed by atoms with Crippen molar-refractivity contribution in [3.63, 3.8) is 0 Å². The van der Waals surface area contributed by atoms with E-state index in [9.17, 15) is 9.59 Å². The zero-order chi connectivity index (χ0) is 16.3. The van der Waals surface area contributed by atoms with E-state index in [0.717, 1.165) is 0 Å². The van der Waals surface area contributed by atoms with Gasteiger partial charge in [0, 0.05) is 25.7 Å². The van der Waals surface area contributed by atoms with Gasteiger partial charge < -0.3 is 14.1 Å². The Kier molecular flexibility index (Phi) is 4.90. The smallest absolute Gasteiger partial charge is 0.410 e. The van der Waals surface area contributed by atoms with E-state index in [1.807, 2.05) is 27.7 Å². The van der Waals surface area contributed by atoms with E-state index in [-0.39, 0.29) is 17.9 Å². The molecule has 122 valence electrons. The van der Waals surface area contributed by atoms with Crippen LogP contribution < -0.4 is 0 Å². The Morgan fingerprint density at radius 2 is 2.09 bits per heavy atom. The first kappa shape index (κ1) is 16.5. The number of piperazine rings is 1. The molecule has 0 aliphatic carbocycles. The van der Waals surface area contributed by atoms with Gasteiger partial charge in [-0.2, -0.15) is 0 Å². The number of Topliss-reactive ketones (excluding diaryl/α,β-unsaturated/α-hetero) is 1. The number of rotatable bonds is 3. The SMILES string of the molecule is CC1CN(C(=O)OC(C)(C)C)CCN1CC(=O)c1ccco1. The molecule has 0 spiro atoms. The minimum Gasteiger partial charge on any atom is -0.461 e. The number of hydrogen-bond donors (Lipinski definition) is 0. The number of ketones is 1. The Morgan fingerprint density at radius 3 is 2.64 bits per heavy atom. The Morgan fingerprint density at radius 1 is 1.36 bits per heavy atom. The molecule has 22 heavy (non-hydrogen) atoms. The lowest BCUT2D eigenvalue weighted by Gasteiger charge is -2.39. The van der Waals surface area contributed by atoms with E-state index in [4.69, 9.17) is 9.15 Å². The van der Waals surface area contributed by atoms with Crippen LogP contribution in [0.25, 0.3) is 0 Å². The van der Waals surface area contributed by atoms with Gasteiger partial charge in [0.15, 0.2) is 5.76 Å². The van der Waals surface area contributed by atoms with Crippen molar-refractivity contribution >= 4 is 11.9 Å².